The zero-order valence-electron chi connectivity index (χ0n) is 12.3. The second-order valence-corrected chi connectivity index (χ2v) is 6.28. The Labute approximate surface area is 132 Å². The van der Waals surface area contributed by atoms with Gasteiger partial charge in [-0.25, -0.2) is 9.97 Å². The molecule has 0 saturated carbocycles. The lowest BCUT2D eigenvalue weighted by atomic mass is 10.1. The van der Waals surface area contributed by atoms with Crippen molar-refractivity contribution in [2.75, 3.05) is 5.32 Å². The molecular weight excluding hydrogens is 296 g/mol. The maximum absolute atomic E-state index is 11.8. The number of thiophene rings is 1. The number of hydrogen-bond acceptors (Lipinski definition) is 5. The number of fused-ring (bicyclic) bond motifs is 1. The van der Waals surface area contributed by atoms with Gasteiger partial charge in [0.1, 0.15) is 23.0 Å². The summed E-state index contributed by atoms with van der Waals surface area (Å²) in [5.41, 5.74) is 7.50. The molecule has 22 heavy (non-hydrogen) atoms. The summed E-state index contributed by atoms with van der Waals surface area (Å²) in [6.07, 6.45) is 1.50. The average molecular weight is 312 g/mol. The van der Waals surface area contributed by atoms with Gasteiger partial charge in [0.05, 0.1) is 5.39 Å². The summed E-state index contributed by atoms with van der Waals surface area (Å²) >= 11 is 1.62. The van der Waals surface area contributed by atoms with E-state index < -0.39 is 11.9 Å². The number of anilines is 1. The molecule has 0 bridgehead atoms. The van der Waals surface area contributed by atoms with Crippen LogP contribution in [-0.4, -0.2) is 15.9 Å². The third-order valence-electron chi connectivity index (χ3n) is 3.66. The zero-order chi connectivity index (χ0) is 15.7. The van der Waals surface area contributed by atoms with Crippen molar-refractivity contribution < 1.29 is 4.79 Å². The molecule has 112 valence electrons. The second-order valence-electron chi connectivity index (χ2n) is 5.08. The summed E-state index contributed by atoms with van der Waals surface area (Å²) < 4.78 is 0. The topological polar surface area (TPSA) is 80.9 Å². The number of benzene rings is 1. The number of nitrogens with two attached hydrogens (primary N) is 1. The number of rotatable bonds is 4. The van der Waals surface area contributed by atoms with E-state index in [0.717, 1.165) is 21.3 Å². The van der Waals surface area contributed by atoms with E-state index in [1.807, 2.05) is 44.2 Å². The van der Waals surface area contributed by atoms with Gasteiger partial charge in [-0.2, -0.15) is 0 Å². The maximum Gasteiger partial charge on any atom is 0.244 e. The van der Waals surface area contributed by atoms with Crippen LogP contribution in [0, 0.1) is 13.8 Å². The monoisotopic (exact) mass is 312 g/mol. The Balaban J connectivity index is 2.06. The predicted molar refractivity (Wildman–Crippen MR) is 88.9 cm³/mol. The molecule has 0 aliphatic heterocycles. The van der Waals surface area contributed by atoms with E-state index in [-0.39, 0.29) is 0 Å². The summed E-state index contributed by atoms with van der Waals surface area (Å²) in [6.45, 7) is 4.08. The quantitative estimate of drug-likeness (QED) is 0.776. The molecule has 3 N–H and O–H groups in total. The Morgan fingerprint density at radius 3 is 2.64 bits per heavy atom. The molecule has 1 atom stereocenters. The van der Waals surface area contributed by atoms with Gasteiger partial charge in [0.15, 0.2) is 0 Å². The first-order valence-corrected chi connectivity index (χ1v) is 7.71. The molecule has 0 aliphatic carbocycles. The van der Waals surface area contributed by atoms with Crippen molar-refractivity contribution in [3.8, 4) is 0 Å². The Morgan fingerprint density at radius 2 is 1.95 bits per heavy atom. The Hall–Kier alpha value is -2.47. The third-order valence-corrected chi connectivity index (χ3v) is 4.78. The highest BCUT2D eigenvalue weighted by Gasteiger charge is 2.20. The van der Waals surface area contributed by atoms with Crippen molar-refractivity contribution in [2.45, 2.75) is 19.9 Å². The van der Waals surface area contributed by atoms with Crippen LogP contribution in [0.5, 0.6) is 0 Å². The number of amides is 1. The Morgan fingerprint density at radius 1 is 1.23 bits per heavy atom. The summed E-state index contributed by atoms with van der Waals surface area (Å²) in [5, 5.41) is 4.12. The fourth-order valence-corrected chi connectivity index (χ4v) is 3.39. The summed E-state index contributed by atoms with van der Waals surface area (Å²) in [5.74, 6) is 0.196. The van der Waals surface area contributed by atoms with E-state index in [0.29, 0.717) is 5.82 Å². The van der Waals surface area contributed by atoms with Crippen LogP contribution in [0.1, 0.15) is 22.0 Å². The van der Waals surface area contributed by atoms with E-state index in [9.17, 15) is 4.79 Å². The van der Waals surface area contributed by atoms with Crippen molar-refractivity contribution in [2.24, 2.45) is 5.73 Å². The average Bonchev–Trinajstić information content (AvgIpc) is 2.81. The van der Waals surface area contributed by atoms with E-state index in [1.165, 1.54) is 11.2 Å². The second kappa shape index (κ2) is 5.73. The van der Waals surface area contributed by atoms with Crippen LogP contribution in [0.2, 0.25) is 0 Å². The van der Waals surface area contributed by atoms with Crippen LogP contribution in [0.4, 0.5) is 5.82 Å². The molecule has 6 heteroatoms. The number of carbonyl (C=O) groups is 1. The van der Waals surface area contributed by atoms with Gasteiger partial charge in [-0.15, -0.1) is 11.3 Å². The number of nitrogens with one attached hydrogen (secondary N) is 1. The van der Waals surface area contributed by atoms with Crippen molar-refractivity contribution in [3.05, 3.63) is 52.7 Å². The summed E-state index contributed by atoms with van der Waals surface area (Å²) in [6, 6.07) is 8.76. The number of aromatic nitrogens is 2. The third kappa shape index (κ3) is 2.53. The van der Waals surface area contributed by atoms with Gasteiger partial charge >= 0.3 is 0 Å². The van der Waals surface area contributed by atoms with Crippen LogP contribution in [-0.2, 0) is 4.79 Å². The highest BCUT2D eigenvalue weighted by Crippen LogP contribution is 2.33. The lowest BCUT2D eigenvalue weighted by Crippen LogP contribution is -2.28. The highest BCUT2D eigenvalue weighted by molar-refractivity contribution is 7.18. The highest BCUT2D eigenvalue weighted by atomic mass is 32.1. The van der Waals surface area contributed by atoms with E-state index in [4.69, 9.17) is 5.73 Å². The Kier molecular flexibility index (Phi) is 3.77. The molecule has 3 rings (SSSR count). The standard InChI is InChI=1S/C16H16N4OS/c1-9-10(2)22-16-12(9)15(18-8-19-16)20-13(14(17)21)11-6-4-3-5-7-11/h3-8,13H,1-2H3,(H2,17,21)(H,18,19,20)/t13-/m1/s1. The van der Waals surface area contributed by atoms with Gasteiger partial charge in [0.2, 0.25) is 5.91 Å². The first kappa shape index (κ1) is 14.5. The van der Waals surface area contributed by atoms with Gasteiger partial charge in [-0.3, -0.25) is 4.79 Å². The number of aryl methyl sites for hydroxylation is 2. The van der Waals surface area contributed by atoms with E-state index in [1.54, 1.807) is 11.3 Å². The summed E-state index contributed by atoms with van der Waals surface area (Å²) in [4.78, 5) is 22.5. The van der Waals surface area contributed by atoms with Crippen LogP contribution in [0.25, 0.3) is 10.2 Å². The summed E-state index contributed by atoms with van der Waals surface area (Å²) in [7, 11) is 0. The molecule has 0 radical (unpaired) electrons. The molecule has 2 aromatic heterocycles. The molecular formula is C16H16N4OS. The molecule has 0 unspecified atom stereocenters. The van der Waals surface area contributed by atoms with E-state index in [2.05, 4.69) is 15.3 Å². The molecule has 0 spiro atoms. The number of primary amides is 1. The van der Waals surface area contributed by atoms with Crippen LogP contribution >= 0.6 is 11.3 Å². The molecule has 2 heterocycles. The van der Waals surface area contributed by atoms with Gasteiger partial charge in [0.25, 0.3) is 0 Å². The van der Waals surface area contributed by atoms with Gasteiger partial charge < -0.3 is 11.1 Å². The Bertz CT molecular complexity index is 829. The molecule has 3 aromatic rings. The molecule has 0 fully saturated rings. The number of nitrogens with zero attached hydrogens (tertiary/aromatic N) is 2. The van der Waals surface area contributed by atoms with Crippen LogP contribution < -0.4 is 11.1 Å². The van der Waals surface area contributed by atoms with Crippen LogP contribution in [0.3, 0.4) is 0 Å². The lowest BCUT2D eigenvalue weighted by Gasteiger charge is -2.17. The van der Waals surface area contributed by atoms with Crippen molar-refractivity contribution in [1.82, 2.24) is 9.97 Å². The van der Waals surface area contributed by atoms with Crippen molar-refractivity contribution in [1.29, 1.82) is 0 Å². The fraction of sp³-hybridized carbons (Fsp3) is 0.188. The minimum Gasteiger partial charge on any atom is -0.368 e. The zero-order valence-corrected chi connectivity index (χ0v) is 13.1. The first-order valence-electron chi connectivity index (χ1n) is 6.89. The smallest absolute Gasteiger partial charge is 0.244 e. The number of hydrogen-bond donors (Lipinski definition) is 2. The SMILES string of the molecule is Cc1sc2ncnc(N[C@@H](C(N)=O)c3ccccc3)c2c1C. The number of carbonyl (C=O) groups excluding carboxylic acids is 1. The minimum atomic E-state index is -0.626. The largest absolute Gasteiger partial charge is 0.368 e. The predicted octanol–water partition coefficient (Wildman–Crippen LogP) is 2.95. The minimum absolute atomic E-state index is 0.442. The van der Waals surface area contributed by atoms with E-state index >= 15 is 0 Å². The van der Waals surface area contributed by atoms with Crippen molar-refractivity contribution in [3.63, 3.8) is 0 Å². The van der Waals surface area contributed by atoms with Crippen LogP contribution in [0.15, 0.2) is 36.7 Å². The normalized spacial score (nSPS) is 12.3. The molecule has 1 amide bonds. The first-order chi connectivity index (χ1) is 10.6. The van der Waals surface area contributed by atoms with Gasteiger partial charge in [-0.1, -0.05) is 30.3 Å². The maximum atomic E-state index is 11.8. The molecule has 5 nitrogen and oxygen atoms in total. The van der Waals surface area contributed by atoms with Gasteiger partial charge in [-0.05, 0) is 25.0 Å². The fourth-order valence-electron chi connectivity index (χ4n) is 2.39. The molecule has 1 aromatic carbocycles. The lowest BCUT2D eigenvalue weighted by molar-refractivity contribution is -0.118. The molecule has 0 saturated heterocycles. The molecule has 0 aliphatic rings. The van der Waals surface area contributed by atoms with Crippen molar-refractivity contribution >= 4 is 33.3 Å². The van der Waals surface area contributed by atoms with Gasteiger partial charge in [0, 0.05) is 4.88 Å².